The van der Waals surface area contributed by atoms with Gasteiger partial charge in [-0.1, -0.05) is 60.7 Å². The summed E-state index contributed by atoms with van der Waals surface area (Å²) in [5.74, 6) is 0. The molecule has 138 valence electrons. The van der Waals surface area contributed by atoms with Gasteiger partial charge in [0.15, 0.2) is 0 Å². The first-order chi connectivity index (χ1) is 12.3. The van der Waals surface area contributed by atoms with Gasteiger partial charge in [0.1, 0.15) is 11.2 Å². The molecule has 3 rings (SSSR count). The SMILES string of the molecule is CC(C)(C)OC(=O)N1CCC[C@H]1C(O)(c1ccccc1)c1ccccc1. The number of rotatable bonds is 3. The van der Waals surface area contributed by atoms with Crippen molar-refractivity contribution in [3.05, 3.63) is 71.8 Å². The lowest BCUT2D eigenvalue weighted by Crippen LogP contribution is -2.51. The first-order valence-electron chi connectivity index (χ1n) is 9.15. The van der Waals surface area contributed by atoms with Gasteiger partial charge in [-0.15, -0.1) is 0 Å². The molecule has 1 atom stereocenters. The molecule has 1 N–H and O–H groups in total. The standard InChI is InChI=1S/C22H27NO3/c1-21(2,3)26-20(24)23-16-10-15-19(23)22(25,17-11-6-4-7-12-17)18-13-8-5-9-14-18/h4-9,11-14,19,25H,10,15-16H2,1-3H3/t19-/m0/s1. The van der Waals surface area contributed by atoms with E-state index in [-0.39, 0.29) is 12.1 Å². The summed E-state index contributed by atoms with van der Waals surface area (Å²) in [7, 11) is 0. The topological polar surface area (TPSA) is 49.8 Å². The van der Waals surface area contributed by atoms with Gasteiger partial charge in [-0.25, -0.2) is 4.79 Å². The Morgan fingerprint density at radius 3 is 1.96 bits per heavy atom. The highest BCUT2D eigenvalue weighted by Crippen LogP contribution is 2.40. The van der Waals surface area contributed by atoms with Crippen molar-refractivity contribution in [1.82, 2.24) is 4.90 Å². The zero-order chi connectivity index (χ0) is 18.8. The van der Waals surface area contributed by atoms with E-state index < -0.39 is 11.2 Å². The normalized spacial score (nSPS) is 18.0. The Kier molecular flexibility index (Phi) is 5.05. The summed E-state index contributed by atoms with van der Waals surface area (Å²) in [5.41, 5.74) is -0.282. The van der Waals surface area contributed by atoms with Gasteiger partial charge in [0, 0.05) is 6.54 Å². The number of hydrogen-bond donors (Lipinski definition) is 1. The van der Waals surface area contributed by atoms with Crippen molar-refractivity contribution in [3.63, 3.8) is 0 Å². The average molecular weight is 353 g/mol. The van der Waals surface area contributed by atoms with Crippen LogP contribution >= 0.6 is 0 Å². The zero-order valence-corrected chi connectivity index (χ0v) is 15.7. The van der Waals surface area contributed by atoms with Crippen LogP contribution in [0.3, 0.4) is 0 Å². The number of ether oxygens (including phenoxy) is 1. The Hall–Kier alpha value is -2.33. The first kappa shape index (κ1) is 18.5. The largest absolute Gasteiger partial charge is 0.444 e. The number of amides is 1. The van der Waals surface area contributed by atoms with Crippen LogP contribution in [0.1, 0.15) is 44.7 Å². The molecule has 0 bridgehead atoms. The zero-order valence-electron chi connectivity index (χ0n) is 15.7. The van der Waals surface area contributed by atoms with Crippen LogP contribution in [-0.2, 0) is 10.3 Å². The molecular weight excluding hydrogens is 326 g/mol. The van der Waals surface area contributed by atoms with E-state index in [2.05, 4.69) is 0 Å². The van der Waals surface area contributed by atoms with Crippen molar-refractivity contribution in [2.45, 2.75) is 50.9 Å². The van der Waals surface area contributed by atoms with Crippen molar-refractivity contribution in [2.24, 2.45) is 0 Å². The van der Waals surface area contributed by atoms with E-state index in [1.807, 2.05) is 81.4 Å². The molecule has 0 saturated carbocycles. The van der Waals surface area contributed by atoms with Crippen LogP contribution in [0.4, 0.5) is 4.79 Å². The van der Waals surface area contributed by atoms with E-state index in [4.69, 9.17) is 4.74 Å². The molecule has 1 aliphatic rings. The molecule has 4 nitrogen and oxygen atoms in total. The number of carbonyl (C=O) groups is 1. The predicted molar refractivity (Wildman–Crippen MR) is 102 cm³/mol. The summed E-state index contributed by atoms with van der Waals surface area (Å²) >= 11 is 0. The fourth-order valence-corrected chi connectivity index (χ4v) is 3.68. The molecule has 1 saturated heterocycles. The molecule has 0 spiro atoms. The van der Waals surface area contributed by atoms with Gasteiger partial charge in [-0.3, -0.25) is 0 Å². The summed E-state index contributed by atoms with van der Waals surface area (Å²) in [4.78, 5) is 14.5. The minimum Gasteiger partial charge on any atom is -0.444 e. The van der Waals surface area contributed by atoms with Gasteiger partial charge in [0.25, 0.3) is 0 Å². The lowest BCUT2D eigenvalue weighted by Gasteiger charge is -2.40. The van der Waals surface area contributed by atoms with Crippen LogP contribution in [0.5, 0.6) is 0 Å². The van der Waals surface area contributed by atoms with Crippen LogP contribution in [-0.4, -0.2) is 34.3 Å². The maximum atomic E-state index is 12.8. The molecule has 2 aromatic rings. The molecule has 1 fully saturated rings. The number of benzene rings is 2. The fraction of sp³-hybridized carbons (Fsp3) is 0.409. The van der Waals surface area contributed by atoms with Crippen LogP contribution in [0.25, 0.3) is 0 Å². The highest BCUT2D eigenvalue weighted by molar-refractivity contribution is 5.69. The second-order valence-electron chi connectivity index (χ2n) is 7.83. The van der Waals surface area contributed by atoms with Crippen molar-refractivity contribution >= 4 is 6.09 Å². The third-order valence-electron chi connectivity index (χ3n) is 4.79. The number of aliphatic hydroxyl groups is 1. The van der Waals surface area contributed by atoms with Crippen molar-refractivity contribution in [1.29, 1.82) is 0 Å². The van der Waals surface area contributed by atoms with Gasteiger partial charge >= 0.3 is 6.09 Å². The third-order valence-corrected chi connectivity index (χ3v) is 4.79. The number of likely N-dealkylation sites (tertiary alicyclic amines) is 1. The van der Waals surface area contributed by atoms with E-state index in [0.717, 1.165) is 24.0 Å². The monoisotopic (exact) mass is 353 g/mol. The Morgan fingerprint density at radius 1 is 1.00 bits per heavy atom. The fourth-order valence-electron chi connectivity index (χ4n) is 3.68. The van der Waals surface area contributed by atoms with E-state index >= 15 is 0 Å². The highest BCUT2D eigenvalue weighted by atomic mass is 16.6. The molecule has 0 aliphatic carbocycles. The van der Waals surface area contributed by atoms with Gasteiger partial charge in [-0.2, -0.15) is 0 Å². The summed E-state index contributed by atoms with van der Waals surface area (Å²) in [6.45, 7) is 6.16. The molecule has 2 aromatic carbocycles. The Labute approximate surface area is 155 Å². The summed E-state index contributed by atoms with van der Waals surface area (Å²) in [6.07, 6.45) is 1.19. The van der Waals surface area contributed by atoms with Crippen molar-refractivity contribution in [2.75, 3.05) is 6.54 Å². The van der Waals surface area contributed by atoms with Crippen molar-refractivity contribution < 1.29 is 14.6 Å². The quantitative estimate of drug-likeness (QED) is 0.894. The molecule has 0 aromatic heterocycles. The average Bonchev–Trinajstić information content (AvgIpc) is 3.11. The van der Waals surface area contributed by atoms with E-state index in [1.54, 1.807) is 4.90 Å². The molecular formula is C22H27NO3. The first-order valence-corrected chi connectivity index (χ1v) is 9.15. The van der Waals surface area contributed by atoms with Crippen LogP contribution in [0.2, 0.25) is 0 Å². The van der Waals surface area contributed by atoms with Gasteiger partial charge < -0.3 is 14.7 Å². The number of hydrogen-bond acceptors (Lipinski definition) is 3. The molecule has 26 heavy (non-hydrogen) atoms. The summed E-state index contributed by atoms with van der Waals surface area (Å²) in [5, 5.41) is 11.9. The molecule has 0 radical (unpaired) electrons. The molecule has 0 unspecified atom stereocenters. The second kappa shape index (κ2) is 7.12. The Bertz CT molecular complexity index is 697. The molecule has 1 amide bonds. The van der Waals surface area contributed by atoms with Gasteiger partial charge in [0.2, 0.25) is 0 Å². The van der Waals surface area contributed by atoms with Crippen LogP contribution in [0.15, 0.2) is 60.7 Å². The van der Waals surface area contributed by atoms with Gasteiger partial charge in [0.05, 0.1) is 6.04 Å². The highest BCUT2D eigenvalue weighted by Gasteiger charge is 2.48. The Balaban J connectivity index is 2.03. The third kappa shape index (κ3) is 3.61. The lowest BCUT2D eigenvalue weighted by molar-refractivity contribution is -0.0248. The number of nitrogens with zero attached hydrogens (tertiary/aromatic N) is 1. The predicted octanol–water partition coefficient (Wildman–Crippen LogP) is 4.32. The molecule has 4 heteroatoms. The molecule has 1 aliphatic heterocycles. The van der Waals surface area contributed by atoms with E-state index in [0.29, 0.717) is 6.54 Å². The van der Waals surface area contributed by atoms with E-state index in [1.165, 1.54) is 0 Å². The van der Waals surface area contributed by atoms with Crippen LogP contribution in [0, 0.1) is 0 Å². The van der Waals surface area contributed by atoms with Crippen LogP contribution < -0.4 is 0 Å². The minimum atomic E-state index is -1.28. The molecule has 1 heterocycles. The number of carbonyl (C=O) groups excluding carboxylic acids is 1. The van der Waals surface area contributed by atoms with Crippen molar-refractivity contribution in [3.8, 4) is 0 Å². The summed E-state index contributed by atoms with van der Waals surface area (Å²) in [6, 6.07) is 18.8. The maximum absolute atomic E-state index is 12.8. The summed E-state index contributed by atoms with van der Waals surface area (Å²) < 4.78 is 5.59. The minimum absolute atomic E-state index is 0.370. The second-order valence-corrected chi connectivity index (χ2v) is 7.83. The van der Waals surface area contributed by atoms with E-state index in [9.17, 15) is 9.90 Å². The smallest absolute Gasteiger partial charge is 0.410 e. The Morgan fingerprint density at radius 2 is 1.50 bits per heavy atom. The maximum Gasteiger partial charge on any atom is 0.410 e. The lowest BCUT2D eigenvalue weighted by atomic mass is 9.79. The van der Waals surface area contributed by atoms with Gasteiger partial charge in [-0.05, 0) is 44.7 Å².